The minimum atomic E-state index is -4.79. The molecule has 170 valence electrons. The van der Waals surface area contributed by atoms with Gasteiger partial charge in [0.1, 0.15) is 5.82 Å². The summed E-state index contributed by atoms with van der Waals surface area (Å²) in [6, 6.07) is 5.51. The number of halogens is 4. The lowest BCUT2D eigenvalue weighted by atomic mass is 10.1. The minimum Gasteiger partial charge on any atom is -0.389 e. The predicted octanol–water partition coefficient (Wildman–Crippen LogP) is 3.50. The van der Waals surface area contributed by atoms with E-state index in [4.69, 9.17) is 4.84 Å². The molecular weight excluding hydrogens is 444 g/mol. The molecule has 3 aromatic heterocycles. The average Bonchev–Trinajstić information content (AvgIpc) is 3.22. The summed E-state index contributed by atoms with van der Waals surface area (Å²) in [5, 5.41) is 6.46. The van der Waals surface area contributed by atoms with Crippen LogP contribution in [0.15, 0.2) is 61.2 Å². The van der Waals surface area contributed by atoms with E-state index < -0.39 is 23.9 Å². The highest BCUT2D eigenvalue weighted by atomic mass is 19.4. The first-order valence-corrected chi connectivity index (χ1v) is 9.52. The molecule has 0 radical (unpaired) electrons. The number of aromatic nitrogens is 4. The SMILES string of the molecule is CNOc1ccc(C(NC(=O)c2cncc3c2cnn3-c2ccc(F)cc2)C(F)(F)F)cn1. The summed E-state index contributed by atoms with van der Waals surface area (Å²) < 4.78 is 55.9. The number of fused-ring (bicyclic) bond motifs is 1. The first kappa shape index (κ1) is 22.1. The van der Waals surface area contributed by atoms with Crippen LogP contribution in [0.2, 0.25) is 0 Å². The molecule has 0 aliphatic rings. The number of nitrogens with one attached hydrogen (secondary N) is 2. The number of rotatable bonds is 6. The summed E-state index contributed by atoms with van der Waals surface area (Å²) >= 11 is 0. The van der Waals surface area contributed by atoms with E-state index in [1.807, 2.05) is 5.32 Å². The molecule has 1 aromatic carbocycles. The van der Waals surface area contributed by atoms with Crippen molar-refractivity contribution < 1.29 is 27.2 Å². The number of hydrogen-bond donors (Lipinski definition) is 2. The van der Waals surface area contributed by atoms with Crippen molar-refractivity contribution in [2.45, 2.75) is 12.2 Å². The Hall–Kier alpha value is -4.06. The zero-order valence-corrected chi connectivity index (χ0v) is 17.0. The van der Waals surface area contributed by atoms with Gasteiger partial charge in [-0.2, -0.15) is 23.8 Å². The molecule has 1 atom stereocenters. The van der Waals surface area contributed by atoms with E-state index in [-0.39, 0.29) is 22.4 Å². The first-order valence-electron chi connectivity index (χ1n) is 9.52. The molecule has 33 heavy (non-hydrogen) atoms. The fourth-order valence-corrected chi connectivity index (χ4v) is 3.20. The van der Waals surface area contributed by atoms with Crippen molar-refractivity contribution in [1.29, 1.82) is 0 Å². The molecule has 1 amide bonds. The van der Waals surface area contributed by atoms with Crippen LogP contribution in [0, 0.1) is 5.82 Å². The second kappa shape index (κ2) is 8.82. The van der Waals surface area contributed by atoms with Crippen LogP contribution in [0.3, 0.4) is 0 Å². The second-order valence-corrected chi connectivity index (χ2v) is 6.84. The van der Waals surface area contributed by atoms with Crippen molar-refractivity contribution >= 4 is 16.8 Å². The summed E-state index contributed by atoms with van der Waals surface area (Å²) in [7, 11) is 1.47. The van der Waals surface area contributed by atoms with E-state index in [0.717, 1.165) is 18.5 Å². The van der Waals surface area contributed by atoms with Gasteiger partial charge >= 0.3 is 6.18 Å². The molecule has 0 aliphatic carbocycles. The van der Waals surface area contributed by atoms with Gasteiger partial charge in [0.05, 0.1) is 29.2 Å². The lowest BCUT2D eigenvalue weighted by Gasteiger charge is -2.22. The summed E-state index contributed by atoms with van der Waals surface area (Å²) in [6.45, 7) is 0. The number of benzene rings is 1. The monoisotopic (exact) mass is 460 g/mol. The van der Waals surface area contributed by atoms with Crippen molar-refractivity contribution in [1.82, 2.24) is 30.5 Å². The molecule has 1 unspecified atom stereocenters. The molecule has 3 heterocycles. The van der Waals surface area contributed by atoms with E-state index in [2.05, 4.69) is 20.5 Å². The number of alkyl halides is 3. The maximum atomic E-state index is 13.8. The summed E-state index contributed by atoms with van der Waals surface area (Å²) in [6.07, 6.45) is 0.0835. The number of amides is 1. The van der Waals surface area contributed by atoms with Crippen molar-refractivity contribution in [2.75, 3.05) is 7.05 Å². The molecule has 2 N–H and O–H groups in total. The largest absolute Gasteiger partial charge is 0.412 e. The third-order valence-corrected chi connectivity index (χ3v) is 4.71. The van der Waals surface area contributed by atoms with E-state index in [0.29, 0.717) is 11.2 Å². The predicted molar refractivity (Wildman–Crippen MR) is 109 cm³/mol. The van der Waals surface area contributed by atoms with Gasteiger partial charge in [0.25, 0.3) is 5.91 Å². The number of nitrogens with zero attached hydrogens (tertiary/aromatic N) is 4. The van der Waals surface area contributed by atoms with E-state index in [9.17, 15) is 22.4 Å². The van der Waals surface area contributed by atoms with E-state index in [1.165, 1.54) is 54.5 Å². The molecule has 4 rings (SSSR count). The van der Waals surface area contributed by atoms with E-state index in [1.54, 1.807) is 0 Å². The minimum absolute atomic E-state index is 0.0654. The topological polar surface area (TPSA) is 94.0 Å². The fourth-order valence-electron chi connectivity index (χ4n) is 3.20. The number of hydroxylamine groups is 1. The zero-order valence-electron chi connectivity index (χ0n) is 17.0. The van der Waals surface area contributed by atoms with Crippen LogP contribution in [-0.2, 0) is 0 Å². The Labute approximate surface area is 184 Å². The van der Waals surface area contributed by atoms with Crippen LogP contribution in [0.5, 0.6) is 5.88 Å². The Bertz CT molecular complexity index is 1270. The molecule has 8 nitrogen and oxygen atoms in total. The molecule has 0 saturated heterocycles. The van der Waals surface area contributed by atoms with Crippen LogP contribution < -0.4 is 15.6 Å². The van der Waals surface area contributed by atoms with Crippen LogP contribution >= 0.6 is 0 Å². The molecule has 0 fully saturated rings. The lowest BCUT2D eigenvalue weighted by Crippen LogP contribution is -2.38. The normalized spacial score (nSPS) is 12.5. The van der Waals surface area contributed by atoms with Crippen molar-refractivity contribution in [3.05, 3.63) is 78.1 Å². The fraction of sp³-hybridized carbons (Fsp3) is 0.143. The van der Waals surface area contributed by atoms with Gasteiger partial charge in [-0.15, -0.1) is 0 Å². The summed E-state index contributed by atoms with van der Waals surface area (Å²) in [5.74, 6) is -1.37. The molecule has 0 bridgehead atoms. The summed E-state index contributed by atoms with van der Waals surface area (Å²) in [4.78, 5) is 25.5. The highest BCUT2D eigenvalue weighted by Gasteiger charge is 2.42. The molecule has 0 spiro atoms. The van der Waals surface area contributed by atoms with Crippen LogP contribution in [0.1, 0.15) is 22.0 Å². The first-order chi connectivity index (χ1) is 15.8. The average molecular weight is 460 g/mol. The third kappa shape index (κ3) is 4.60. The van der Waals surface area contributed by atoms with Gasteiger partial charge in [-0.25, -0.2) is 14.1 Å². The van der Waals surface area contributed by atoms with Gasteiger partial charge in [0.15, 0.2) is 6.04 Å². The van der Waals surface area contributed by atoms with Crippen LogP contribution in [0.4, 0.5) is 17.6 Å². The Balaban J connectivity index is 1.66. The maximum Gasteiger partial charge on any atom is 0.412 e. The number of hydrogen-bond acceptors (Lipinski definition) is 6. The highest BCUT2D eigenvalue weighted by Crippen LogP contribution is 2.33. The third-order valence-electron chi connectivity index (χ3n) is 4.71. The summed E-state index contributed by atoms with van der Waals surface area (Å²) in [5.41, 5.74) is 2.85. The van der Waals surface area contributed by atoms with Crippen LogP contribution in [-0.4, -0.2) is 38.9 Å². The van der Waals surface area contributed by atoms with Crippen LogP contribution in [0.25, 0.3) is 16.6 Å². The van der Waals surface area contributed by atoms with Crippen molar-refractivity contribution in [3.8, 4) is 11.6 Å². The van der Waals surface area contributed by atoms with Gasteiger partial charge in [-0.3, -0.25) is 9.78 Å². The quantitative estimate of drug-likeness (QED) is 0.338. The number of carbonyl (C=O) groups is 1. The zero-order chi connectivity index (χ0) is 23.6. The standard InChI is InChI=1S/C21H16F4N6O2/c1-26-33-18-7-2-12(8-28-18)19(21(23,24)25)30-20(32)16-9-27-11-17-15(16)10-29-31(17)14-5-3-13(22)4-6-14/h2-11,19,26H,1H3,(H,30,32). The number of pyridine rings is 2. The Kier molecular flexibility index (Phi) is 5.92. The van der Waals surface area contributed by atoms with Crippen molar-refractivity contribution in [2.24, 2.45) is 0 Å². The van der Waals surface area contributed by atoms with Gasteiger partial charge in [0, 0.05) is 36.5 Å². The molecule has 12 heteroatoms. The van der Waals surface area contributed by atoms with Gasteiger partial charge < -0.3 is 10.2 Å². The maximum absolute atomic E-state index is 13.8. The highest BCUT2D eigenvalue weighted by molar-refractivity contribution is 6.06. The molecule has 0 saturated carbocycles. The number of carbonyl (C=O) groups excluding carboxylic acids is 1. The Morgan fingerprint density at radius 2 is 1.82 bits per heavy atom. The lowest BCUT2D eigenvalue weighted by molar-refractivity contribution is -0.155. The second-order valence-electron chi connectivity index (χ2n) is 6.84. The van der Waals surface area contributed by atoms with Crippen molar-refractivity contribution in [3.63, 3.8) is 0 Å². The van der Waals surface area contributed by atoms with Gasteiger partial charge in [-0.1, -0.05) is 0 Å². The smallest absolute Gasteiger partial charge is 0.389 e. The molecular formula is C21H16F4N6O2. The molecule has 0 aliphatic heterocycles. The van der Waals surface area contributed by atoms with E-state index >= 15 is 0 Å². The Morgan fingerprint density at radius 3 is 2.45 bits per heavy atom. The van der Waals surface area contributed by atoms with Gasteiger partial charge in [0.2, 0.25) is 5.88 Å². The molecule has 4 aromatic rings. The van der Waals surface area contributed by atoms with Gasteiger partial charge in [-0.05, 0) is 30.3 Å². The Morgan fingerprint density at radius 1 is 1.06 bits per heavy atom.